The van der Waals surface area contributed by atoms with Crippen molar-refractivity contribution in [3.63, 3.8) is 0 Å². The number of ether oxygens (including phenoxy) is 3. The molecule has 0 heterocycles. The fourth-order valence-electron chi connectivity index (χ4n) is 1.48. The van der Waals surface area contributed by atoms with E-state index in [2.05, 4.69) is 0 Å². The summed E-state index contributed by atoms with van der Waals surface area (Å²) in [7, 11) is 0. The van der Waals surface area contributed by atoms with Crippen LogP contribution >= 0.6 is 0 Å². The summed E-state index contributed by atoms with van der Waals surface area (Å²) in [5.74, 6) is 0.705. The first-order chi connectivity index (χ1) is 9.26. The van der Waals surface area contributed by atoms with Gasteiger partial charge in [0.1, 0.15) is 18.5 Å². The van der Waals surface area contributed by atoms with E-state index in [1.165, 1.54) is 0 Å². The molecule has 5 heteroatoms. The van der Waals surface area contributed by atoms with E-state index in [0.717, 1.165) is 5.56 Å². The number of nitrogens with two attached hydrogens (primary N) is 1. The Morgan fingerprint density at radius 2 is 2.00 bits per heavy atom. The minimum atomic E-state index is -0.650. The van der Waals surface area contributed by atoms with Gasteiger partial charge in [-0.15, -0.1) is 0 Å². The molecule has 1 atom stereocenters. The molecule has 0 aliphatic rings. The van der Waals surface area contributed by atoms with Crippen LogP contribution in [0.15, 0.2) is 24.3 Å². The molecular weight excluding hydrogens is 246 g/mol. The summed E-state index contributed by atoms with van der Waals surface area (Å²) < 4.78 is 15.8. The van der Waals surface area contributed by atoms with Gasteiger partial charge in [-0.25, -0.2) is 0 Å². The average Bonchev–Trinajstić information content (AvgIpc) is 2.45. The summed E-state index contributed by atoms with van der Waals surface area (Å²) in [5, 5.41) is 9.68. The number of rotatable bonds is 10. The third-order valence-electron chi connectivity index (χ3n) is 2.46. The van der Waals surface area contributed by atoms with Crippen LogP contribution < -0.4 is 10.5 Å². The molecule has 0 spiro atoms. The van der Waals surface area contributed by atoms with E-state index in [1.807, 2.05) is 31.2 Å². The molecule has 0 saturated carbocycles. The van der Waals surface area contributed by atoms with Crippen LogP contribution in [0.1, 0.15) is 12.5 Å². The highest BCUT2D eigenvalue weighted by Gasteiger charge is 2.05. The maximum atomic E-state index is 9.68. The highest BCUT2D eigenvalue weighted by Crippen LogP contribution is 2.13. The predicted octanol–water partition coefficient (Wildman–Crippen LogP) is 0.938. The first-order valence-electron chi connectivity index (χ1n) is 6.51. The third kappa shape index (κ3) is 7.12. The lowest BCUT2D eigenvalue weighted by molar-refractivity contribution is -0.00929. The van der Waals surface area contributed by atoms with Gasteiger partial charge in [0.2, 0.25) is 0 Å². The minimum absolute atomic E-state index is 0.197. The van der Waals surface area contributed by atoms with Crippen molar-refractivity contribution in [1.82, 2.24) is 0 Å². The first kappa shape index (κ1) is 15.9. The Kier molecular flexibility index (Phi) is 8.16. The molecule has 0 aliphatic carbocycles. The van der Waals surface area contributed by atoms with Crippen LogP contribution in [0.4, 0.5) is 0 Å². The van der Waals surface area contributed by atoms with Crippen LogP contribution in [-0.2, 0) is 16.0 Å². The van der Waals surface area contributed by atoms with Crippen molar-refractivity contribution in [2.24, 2.45) is 5.73 Å². The Labute approximate surface area is 114 Å². The average molecular weight is 269 g/mol. The summed E-state index contributed by atoms with van der Waals surface area (Å²) in [5.41, 5.74) is 6.54. The largest absolute Gasteiger partial charge is 0.491 e. The Balaban J connectivity index is 2.16. The van der Waals surface area contributed by atoms with E-state index in [1.54, 1.807) is 0 Å². The number of aliphatic hydroxyl groups excluding tert-OH is 1. The van der Waals surface area contributed by atoms with Crippen LogP contribution in [-0.4, -0.2) is 44.2 Å². The molecule has 0 saturated heterocycles. The second kappa shape index (κ2) is 9.75. The van der Waals surface area contributed by atoms with Crippen molar-refractivity contribution < 1.29 is 19.3 Å². The molecule has 0 bridgehead atoms. The molecule has 0 amide bonds. The number of aliphatic hydroxyl groups is 1. The minimum Gasteiger partial charge on any atom is -0.491 e. The lowest BCUT2D eigenvalue weighted by Crippen LogP contribution is -2.24. The van der Waals surface area contributed by atoms with Crippen molar-refractivity contribution in [2.45, 2.75) is 19.6 Å². The summed E-state index contributed by atoms with van der Waals surface area (Å²) >= 11 is 0. The Morgan fingerprint density at radius 3 is 2.74 bits per heavy atom. The molecule has 1 unspecified atom stereocenters. The van der Waals surface area contributed by atoms with Gasteiger partial charge >= 0.3 is 0 Å². The van der Waals surface area contributed by atoms with Crippen molar-refractivity contribution in [1.29, 1.82) is 0 Å². The van der Waals surface area contributed by atoms with Crippen molar-refractivity contribution >= 4 is 0 Å². The second-order valence-electron chi connectivity index (χ2n) is 4.09. The summed E-state index contributed by atoms with van der Waals surface area (Å²) in [6.45, 7) is 4.54. The Morgan fingerprint density at radius 1 is 1.21 bits per heavy atom. The van der Waals surface area contributed by atoms with E-state index >= 15 is 0 Å². The highest BCUT2D eigenvalue weighted by molar-refractivity contribution is 5.28. The van der Waals surface area contributed by atoms with Crippen LogP contribution in [0.25, 0.3) is 0 Å². The van der Waals surface area contributed by atoms with Crippen LogP contribution in [0, 0.1) is 0 Å². The van der Waals surface area contributed by atoms with Crippen molar-refractivity contribution in [2.75, 3.05) is 33.0 Å². The molecule has 3 N–H and O–H groups in total. The summed E-state index contributed by atoms with van der Waals surface area (Å²) in [6.07, 6.45) is -0.650. The normalized spacial score (nSPS) is 12.4. The fraction of sp³-hybridized carbons (Fsp3) is 0.571. The molecule has 5 nitrogen and oxygen atoms in total. The lowest BCUT2D eigenvalue weighted by Gasteiger charge is -2.13. The van der Waals surface area contributed by atoms with Gasteiger partial charge in [0.05, 0.1) is 19.8 Å². The lowest BCUT2D eigenvalue weighted by atomic mass is 10.2. The molecule has 0 aliphatic heterocycles. The second-order valence-corrected chi connectivity index (χ2v) is 4.09. The topological polar surface area (TPSA) is 73.9 Å². The number of benzene rings is 1. The van der Waals surface area contributed by atoms with Gasteiger partial charge in [-0.2, -0.15) is 0 Å². The third-order valence-corrected chi connectivity index (χ3v) is 2.46. The molecule has 0 fully saturated rings. The van der Waals surface area contributed by atoms with Crippen molar-refractivity contribution in [3.05, 3.63) is 29.8 Å². The fourth-order valence-corrected chi connectivity index (χ4v) is 1.48. The number of hydrogen-bond donors (Lipinski definition) is 2. The van der Waals surface area contributed by atoms with E-state index in [9.17, 15) is 5.11 Å². The SMILES string of the molecule is CCOCCOCC(O)COc1cccc(CN)c1. The Hall–Kier alpha value is -1.14. The molecule has 0 radical (unpaired) electrons. The van der Waals surface area contributed by atoms with Gasteiger partial charge < -0.3 is 25.1 Å². The molecule has 19 heavy (non-hydrogen) atoms. The molecule has 1 aromatic carbocycles. The van der Waals surface area contributed by atoms with Gasteiger partial charge in [0.25, 0.3) is 0 Å². The summed E-state index contributed by atoms with van der Waals surface area (Å²) in [4.78, 5) is 0. The maximum absolute atomic E-state index is 9.68. The maximum Gasteiger partial charge on any atom is 0.119 e. The van der Waals surface area contributed by atoms with Crippen LogP contribution in [0.3, 0.4) is 0 Å². The van der Waals surface area contributed by atoms with Gasteiger partial charge in [-0.05, 0) is 24.6 Å². The van der Waals surface area contributed by atoms with Gasteiger partial charge in [-0.1, -0.05) is 12.1 Å². The smallest absolute Gasteiger partial charge is 0.119 e. The van der Waals surface area contributed by atoms with Crippen LogP contribution in [0.2, 0.25) is 0 Å². The van der Waals surface area contributed by atoms with E-state index in [4.69, 9.17) is 19.9 Å². The highest BCUT2D eigenvalue weighted by atomic mass is 16.5. The quantitative estimate of drug-likeness (QED) is 0.618. The van der Waals surface area contributed by atoms with Gasteiger partial charge in [0.15, 0.2) is 0 Å². The zero-order valence-corrected chi connectivity index (χ0v) is 11.4. The molecule has 108 valence electrons. The zero-order chi connectivity index (χ0) is 13.9. The number of hydrogen-bond acceptors (Lipinski definition) is 5. The van der Waals surface area contributed by atoms with E-state index in [-0.39, 0.29) is 13.2 Å². The first-order valence-corrected chi connectivity index (χ1v) is 6.51. The molecule has 1 rings (SSSR count). The monoisotopic (exact) mass is 269 g/mol. The van der Waals surface area contributed by atoms with Crippen molar-refractivity contribution in [3.8, 4) is 5.75 Å². The molecular formula is C14H23NO4. The van der Waals surface area contributed by atoms with Crippen LogP contribution in [0.5, 0.6) is 5.75 Å². The predicted molar refractivity (Wildman–Crippen MR) is 73.1 cm³/mol. The van der Waals surface area contributed by atoms with E-state index < -0.39 is 6.10 Å². The Bertz CT molecular complexity index is 346. The zero-order valence-electron chi connectivity index (χ0n) is 11.4. The standard InChI is InChI=1S/C14H23NO4/c1-2-17-6-7-18-10-13(16)11-19-14-5-3-4-12(8-14)9-15/h3-5,8,13,16H,2,6-7,9-11,15H2,1H3. The molecule has 1 aromatic rings. The molecule has 0 aromatic heterocycles. The summed E-state index contributed by atoms with van der Waals surface area (Å²) in [6, 6.07) is 7.51. The van der Waals surface area contributed by atoms with E-state index in [0.29, 0.717) is 32.1 Å². The van der Waals surface area contributed by atoms with Gasteiger partial charge in [-0.3, -0.25) is 0 Å². The van der Waals surface area contributed by atoms with Gasteiger partial charge in [0, 0.05) is 13.2 Å².